The highest BCUT2D eigenvalue weighted by Crippen LogP contribution is 2.19. The number of nitrogens with zero attached hydrogens (tertiary/aromatic N) is 2. The molecule has 1 amide bonds. The van der Waals surface area contributed by atoms with Crippen LogP contribution >= 0.6 is 0 Å². The first-order chi connectivity index (χ1) is 7.29. The normalized spacial score (nSPS) is 13.7. The molecule has 5 heteroatoms. The molecule has 0 saturated carbocycles. The van der Waals surface area contributed by atoms with Crippen LogP contribution in [-0.2, 0) is 0 Å². The molecule has 1 aliphatic heterocycles. The zero-order valence-electron chi connectivity index (χ0n) is 7.92. The Hall–Kier alpha value is -2.30. The third-order valence-corrected chi connectivity index (χ3v) is 1.99. The summed E-state index contributed by atoms with van der Waals surface area (Å²) in [5.41, 5.74) is 9.13. The van der Waals surface area contributed by atoms with Gasteiger partial charge in [-0.2, -0.15) is 5.10 Å². The zero-order chi connectivity index (χ0) is 10.7. The van der Waals surface area contributed by atoms with Gasteiger partial charge in [0.25, 0.3) is 5.91 Å². The van der Waals surface area contributed by atoms with E-state index in [-0.39, 0.29) is 0 Å². The molecule has 0 atom stereocenters. The summed E-state index contributed by atoms with van der Waals surface area (Å²) < 4.78 is 0. The van der Waals surface area contributed by atoms with Crippen molar-refractivity contribution in [2.75, 3.05) is 5.01 Å². The highest BCUT2D eigenvalue weighted by atomic mass is 16.1. The molecule has 0 bridgehead atoms. The van der Waals surface area contributed by atoms with Crippen molar-refractivity contribution in [3.8, 4) is 0 Å². The zero-order valence-corrected chi connectivity index (χ0v) is 7.92. The Morgan fingerprint density at radius 3 is 2.87 bits per heavy atom. The number of allylic oxidation sites excluding steroid dienone is 1. The molecule has 1 aromatic carbocycles. The first kappa shape index (κ1) is 9.26. The van der Waals surface area contributed by atoms with Gasteiger partial charge in [0.15, 0.2) is 0 Å². The summed E-state index contributed by atoms with van der Waals surface area (Å²) in [6.45, 7) is 0. The third-order valence-electron chi connectivity index (χ3n) is 1.99. The van der Waals surface area contributed by atoms with E-state index in [0.29, 0.717) is 11.3 Å². The van der Waals surface area contributed by atoms with Gasteiger partial charge in [0, 0.05) is 6.20 Å². The lowest BCUT2D eigenvalue weighted by atomic mass is 10.1. The molecule has 15 heavy (non-hydrogen) atoms. The number of nitrogens with one attached hydrogen (secondary N) is 1. The molecule has 1 aliphatic rings. The number of hydrazone groups is 1. The standard InChI is InChI=1S/C10H10N4O/c11-10(15)8-4-1-2-5-9(8)14-7-3-6-12-13-14/h1-7,13H,(H2,11,15). The SMILES string of the molecule is NC(=O)c1ccccc1N1C=CC=NN1. The van der Waals surface area contributed by atoms with Crippen LogP contribution < -0.4 is 16.3 Å². The van der Waals surface area contributed by atoms with Crippen molar-refractivity contribution in [1.82, 2.24) is 5.53 Å². The van der Waals surface area contributed by atoms with E-state index < -0.39 is 5.91 Å². The number of hydrogen-bond acceptors (Lipinski definition) is 4. The summed E-state index contributed by atoms with van der Waals surface area (Å²) >= 11 is 0. The molecule has 2 rings (SSSR count). The van der Waals surface area contributed by atoms with E-state index in [4.69, 9.17) is 5.73 Å². The average Bonchev–Trinajstić information content (AvgIpc) is 2.30. The van der Waals surface area contributed by atoms with Crippen LogP contribution in [0.1, 0.15) is 10.4 Å². The molecular formula is C10H10N4O. The summed E-state index contributed by atoms with van der Waals surface area (Å²) in [5, 5.41) is 5.47. The van der Waals surface area contributed by atoms with Gasteiger partial charge in [-0.3, -0.25) is 4.79 Å². The van der Waals surface area contributed by atoms with Crippen molar-refractivity contribution in [3.05, 3.63) is 42.1 Å². The lowest BCUT2D eigenvalue weighted by Gasteiger charge is -2.22. The maximum absolute atomic E-state index is 11.2. The number of nitrogens with two attached hydrogens (primary N) is 1. The first-order valence-corrected chi connectivity index (χ1v) is 4.42. The van der Waals surface area contributed by atoms with Gasteiger partial charge in [-0.1, -0.05) is 12.1 Å². The lowest BCUT2D eigenvalue weighted by Crippen LogP contribution is -2.32. The molecule has 0 unspecified atom stereocenters. The smallest absolute Gasteiger partial charge is 0.250 e. The van der Waals surface area contributed by atoms with Crippen LogP contribution in [0, 0.1) is 0 Å². The molecule has 5 nitrogen and oxygen atoms in total. The number of rotatable bonds is 2. The Morgan fingerprint density at radius 2 is 2.20 bits per heavy atom. The first-order valence-electron chi connectivity index (χ1n) is 4.42. The van der Waals surface area contributed by atoms with Crippen molar-refractivity contribution < 1.29 is 4.79 Å². The minimum atomic E-state index is -0.463. The Morgan fingerprint density at radius 1 is 1.40 bits per heavy atom. The molecule has 0 spiro atoms. The number of amides is 1. The second kappa shape index (κ2) is 3.83. The Bertz CT molecular complexity index is 439. The maximum atomic E-state index is 11.2. The predicted octanol–water partition coefficient (Wildman–Crippen LogP) is 0.610. The van der Waals surface area contributed by atoms with Crippen molar-refractivity contribution >= 4 is 17.8 Å². The summed E-state index contributed by atoms with van der Waals surface area (Å²) in [6.07, 6.45) is 5.13. The Kier molecular flexibility index (Phi) is 2.37. The van der Waals surface area contributed by atoms with Gasteiger partial charge in [0.2, 0.25) is 0 Å². The third kappa shape index (κ3) is 1.80. The van der Waals surface area contributed by atoms with Crippen LogP contribution in [0.3, 0.4) is 0 Å². The molecule has 76 valence electrons. The number of carbonyl (C=O) groups is 1. The van der Waals surface area contributed by atoms with Gasteiger partial charge in [-0.05, 0) is 18.2 Å². The fraction of sp³-hybridized carbons (Fsp3) is 0. The second-order valence-electron chi connectivity index (χ2n) is 2.97. The lowest BCUT2D eigenvalue weighted by molar-refractivity contribution is 0.100. The average molecular weight is 202 g/mol. The topological polar surface area (TPSA) is 70.7 Å². The van der Waals surface area contributed by atoms with E-state index in [2.05, 4.69) is 10.6 Å². The molecule has 1 aromatic rings. The summed E-state index contributed by atoms with van der Waals surface area (Å²) in [5.74, 6) is -0.463. The summed E-state index contributed by atoms with van der Waals surface area (Å²) in [6, 6.07) is 7.06. The molecule has 0 radical (unpaired) electrons. The number of hydrazine groups is 1. The molecule has 0 aliphatic carbocycles. The fourth-order valence-electron chi connectivity index (χ4n) is 1.32. The van der Waals surface area contributed by atoms with Crippen molar-refractivity contribution in [3.63, 3.8) is 0 Å². The van der Waals surface area contributed by atoms with Crippen LogP contribution in [-0.4, -0.2) is 12.1 Å². The van der Waals surface area contributed by atoms with E-state index >= 15 is 0 Å². The molecule has 0 saturated heterocycles. The van der Waals surface area contributed by atoms with Crippen molar-refractivity contribution in [2.24, 2.45) is 10.8 Å². The number of para-hydroxylation sites is 1. The Labute approximate surface area is 86.8 Å². The molecule has 0 aromatic heterocycles. The van der Waals surface area contributed by atoms with Gasteiger partial charge in [0.05, 0.1) is 17.5 Å². The van der Waals surface area contributed by atoms with Gasteiger partial charge in [0.1, 0.15) is 0 Å². The fourth-order valence-corrected chi connectivity index (χ4v) is 1.32. The van der Waals surface area contributed by atoms with Crippen LogP contribution in [0.2, 0.25) is 0 Å². The van der Waals surface area contributed by atoms with Crippen molar-refractivity contribution in [2.45, 2.75) is 0 Å². The predicted molar refractivity (Wildman–Crippen MR) is 58.2 cm³/mol. The van der Waals surface area contributed by atoms with E-state index in [0.717, 1.165) is 0 Å². The van der Waals surface area contributed by atoms with E-state index in [1.54, 1.807) is 41.7 Å². The minimum Gasteiger partial charge on any atom is -0.366 e. The van der Waals surface area contributed by atoms with E-state index in [1.165, 1.54) is 0 Å². The minimum absolute atomic E-state index is 0.451. The number of carbonyl (C=O) groups excluding carboxylic acids is 1. The van der Waals surface area contributed by atoms with Gasteiger partial charge < -0.3 is 5.73 Å². The Balaban J connectivity index is 2.39. The molecule has 1 heterocycles. The summed E-state index contributed by atoms with van der Waals surface area (Å²) in [7, 11) is 0. The highest BCUT2D eigenvalue weighted by molar-refractivity contribution is 5.98. The van der Waals surface area contributed by atoms with E-state index in [1.807, 2.05) is 6.07 Å². The van der Waals surface area contributed by atoms with Crippen molar-refractivity contribution in [1.29, 1.82) is 0 Å². The van der Waals surface area contributed by atoms with Gasteiger partial charge in [-0.25, -0.2) is 10.5 Å². The van der Waals surface area contributed by atoms with Gasteiger partial charge in [-0.15, -0.1) is 0 Å². The number of hydrogen-bond donors (Lipinski definition) is 2. The van der Waals surface area contributed by atoms with E-state index in [9.17, 15) is 4.79 Å². The van der Waals surface area contributed by atoms with Crippen LogP contribution in [0.5, 0.6) is 0 Å². The molecule has 0 fully saturated rings. The second-order valence-corrected chi connectivity index (χ2v) is 2.97. The summed E-state index contributed by atoms with van der Waals surface area (Å²) in [4.78, 5) is 11.2. The quantitative estimate of drug-likeness (QED) is 0.738. The number of primary amides is 1. The number of anilines is 1. The highest BCUT2D eigenvalue weighted by Gasteiger charge is 2.12. The number of benzene rings is 1. The molecular weight excluding hydrogens is 192 g/mol. The van der Waals surface area contributed by atoms with Gasteiger partial charge >= 0.3 is 0 Å². The monoisotopic (exact) mass is 202 g/mol. The maximum Gasteiger partial charge on any atom is 0.250 e. The van der Waals surface area contributed by atoms with Crippen LogP contribution in [0.4, 0.5) is 5.69 Å². The van der Waals surface area contributed by atoms with Crippen LogP contribution in [0.25, 0.3) is 0 Å². The molecule has 3 N–H and O–H groups in total. The largest absolute Gasteiger partial charge is 0.366 e. The van der Waals surface area contributed by atoms with Crippen LogP contribution in [0.15, 0.2) is 41.6 Å².